The Morgan fingerprint density at radius 3 is 2.28 bits per heavy atom. The predicted octanol–water partition coefficient (Wildman–Crippen LogP) is 3.55. The van der Waals surface area contributed by atoms with Gasteiger partial charge in [0.2, 0.25) is 0 Å². The minimum absolute atomic E-state index is 0.0236. The van der Waals surface area contributed by atoms with Gasteiger partial charge in [-0.1, -0.05) is 60.7 Å². The molecule has 118 valence electrons. The van der Waals surface area contributed by atoms with E-state index in [0.717, 1.165) is 27.2 Å². The van der Waals surface area contributed by atoms with Crippen molar-refractivity contribution in [2.45, 2.75) is 0 Å². The fourth-order valence-corrected chi connectivity index (χ4v) is 3.41. The number of nitrogens with zero attached hydrogens (tertiary/aromatic N) is 2. The Bertz CT molecular complexity index is 1350. The van der Waals surface area contributed by atoms with E-state index < -0.39 is 0 Å². The van der Waals surface area contributed by atoms with Crippen molar-refractivity contribution in [1.82, 2.24) is 9.38 Å². The van der Waals surface area contributed by atoms with E-state index in [1.54, 1.807) is 4.40 Å². The van der Waals surface area contributed by atoms with Crippen LogP contribution in [0.4, 0.5) is 0 Å². The first-order valence-electron chi connectivity index (χ1n) is 8.21. The third-order valence-electron chi connectivity index (χ3n) is 4.56. The van der Waals surface area contributed by atoms with Crippen molar-refractivity contribution in [2.75, 3.05) is 0 Å². The Morgan fingerprint density at radius 2 is 1.44 bits per heavy atom. The Morgan fingerprint density at radius 1 is 0.760 bits per heavy atom. The standard InChI is InChI=1S/C22H14N2O/c25-22-17-11-4-6-12-19(17)23-21-18(14-15-8-2-1-3-9-15)16-10-5-7-13-20(16)24(21)22/h1-14H/b18-14-. The molecule has 3 nitrogen and oxygen atoms in total. The number of fused-ring (bicyclic) bond motifs is 4. The molecule has 0 atom stereocenters. The molecule has 0 N–H and O–H groups in total. The van der Waals surface area contributed by atoms with Crippen molar-refractivity contribution in [1.29, 1.82) is 0 Å². The van der Waals surface area contributed by atoms with Crippen LogP contribution in [-0.4, -0.2) is 9.38 Å². The summed E-state index contributed by atoms with van der Waals surface area (Å²) in [7, 11) is 0. The van der Waals surface area contributed by atoms with Crippen LogP contribution in [-0.2, 0) is 0 Å². The summed E-state index contributed by atoms with van der Waals surface area (Å²) < 4.78 is 1.73. The average Bonchev–Trinajstić information content (AvgIpc) is 2.97. The second-order valence-electron chi connectivity index (χ2n) is 6.08. The molecule has 0 saturated carbocycles. The van der Waals surface area contributed by atoms with Crippen molar-refractivity contribution in [2.24, 2.45) is 0 Å². The lowest BCUT2D eigenvalue weighted by molar-refractivity contribution is 1.14. The van der Waals surface area contributed by atoms with E-state index in [1.165, 1.54) is 0 Å². The van der Waals surface area contributed by atoms with Crippen LogP contribution in [0.5, 0.6) is 0 Å². The molecule has 3 heteroatoms. The van der Waals surface area contributed by atoms with Crippen LogP contribution < -0.4 is 10.8 Å². The monoisotopic (exact) mass is 322 g/mol. The predicted molar refractivity (Wildman–Crippen MR) is 102 cm³/mol. The summed E-state index contributed by atoms with van der Waals surface area (Å²) in [5.74, 6) is 0. The van der Waals surface area contributed by atoms with Crippen LogP contribution in [0.25, 0.3) is 33.5 Å². The van der Waals surface area contributed by atoms with E-state index >= 15 is 0 Å². The van der Waals surface area contributed by atoms with Gasteiger partial charge in [0.1, 0.15) is 5.65 Å². The highest BCUT2D eigenvalue weighted by molar-refractivity contribution is 5.91. The van der Waals surface area contributed by atoms with Gasteiger partial charge in [-0.25, -0.2) is 4.98 Å². The maximum Gasteiger partial charge on any atom is 0.266 e. The molecule has 0 saturated heterocycles. The van der Waals surface area contributed by atoms with Crippen molar-refractivity contribution in [3.05, 3.63) is 100.0 Å². The molecule has 0 aliphatic rings. The van der Waals surface area contributed by atoms with E-state index in [-0.39, 0.29) is 5.56 Å². The zero-order chi connectivity index (χ0) is 16.8. The summed E-state index contributed by atoms with van der Waals surface area (Å²) in [5, 5.41) is 2.65. The number of rotatable bonds is 1. The van der Waals surface area contributed by atoms with Gasteiger partial charge in [0.05, 0.1) is 16.4 Å². The molecule has 0 bridgehead atoms. The van der Waals surface area contributed by atoms with Gasteiger partial charge >= 0.3 is 0 Å². The molecule has 25 heavy (non-hydrogen) atoms. The van der Waals surface area contributed by atoms with E-state index in [1.807, 2.05) is 66.7 Å². The lowest BCUT2D eigenvalue weighted by Gasteiger charge is -1.99. The number of para-hydroxylation sites is 2. The average molecular weight is 322 g/mol. The third kappa shape index (κ3) is 2.06. The van der Waals surface area contributed by atoms with Crippen LogP contribution in [0.2, 0.25) is 0 Å². The molecule has 0 radical (unpaired) electrons. The van der Waals surface area contributed by atoms with E-state index in [9.17, 15) is 4.79 Å². The summed E-state index contributed by atoms with van der Waals surface area (Å²) in [6.07, 6.45) is 2.10. The molecule has 0 unspecified atom stereocenters. The van der Waals surface area contributed by atoms with Crippen LogP contribution in [0, 0.1) is 0 Å². The van der Waals surface area contributed by atoms with E-state index in [2.05, 4.69) is 18.2 Å². The highest BCUT2D eigenvalue weighted by Crippen LogP contribution is 2.16. The maximum atomic E-state index is 13.1. The molecule has 0 aliphatic carbocycles. The molecule has 5 aromatic rings. The highest BCUT2D eigenvalue weighted by Gasteiger charge is 2.12. The largest absolute Gasteiger partial charge is 0.268 e. The van der Waals surface area contributed by atoms with Crippen molar-refractivity contribution in [3.8, 4) is 0 Å². The Kier molecular flexibility index (Phi) is 2.94. The van der Waals surface area contributed by atoms with Gasteiger partial charge in [0.15, 0.2) is 0 Å². The maximum absolute atomic E-state index is 13.1. The van der Waals surface area contributed by atoms with E-state index in [4.69, 9.17) is 4.98 Å². The number of benzene rings is 3. The molecule has 0 spiro atoms. The molecular weight excluding hydrogens is 308 g/mol. The molecule has 0 aliphatic heterocycles. The van der Waals surface area contributed by atoms with Crippen LogP contribution >= 0.6 is 0 Å². The molecule has 0 fully saturated rings. The first-order valence-corrected chi connectivity index (χ1v) is 8.21. The zero-order valence-electron chi connectivity index (χ0n) is 13.4. The summed E-state index contributed by atoms with van der Waals surface area (Å²) in [6.45, 7) is 0. The second kappa shape index (κ2) is 5.28. The lowest BCUT2D eigenvalue weighted by Crippen LogP contribution is -2.16. The van der Waals surface area contributed by atoms with Crippen LogP contribution in [0.1, 0.15) is 5.56 Å². The van der Waals surface area contributed by atoms with Crippen LogP contribution in [0.3, 0.4) is 0 Å². The Hall–Kier alpha value is -3.46. The Labute approximate surface area is 143 Å². The van der Waals surface area contributed by atoms with Gasteiger partial charge in [0.25, 0.3) is 5.56 Å². The van der Waals surface area contributed by atoms with Gasteiger partial charge in [-0.05, 0) is 29.8 Å². The third-order valence-corrected chi connectivity index (χ3v) is 4.56. The number of hydrogen-bond donors (Lipinski definition) is 0. The lowest BCUT2D eigenvalue weighted by atomic mass is 10.1. The van der Waals surface area contributed by atoms with Crippen LogP contribution in [0.15, 0.2) is 83.7 Å². The highest BCUT2D eigenvalue weighted by atomic mass is 16.1. The number of hydrogen-bond acceptors (Lipinski definition) is 2. The smallest absolute Gasteiger partial charge is 0.266 e. The fourth-order valence-electron chi connectivity index (χ4n) is 3.41. The van der Waals surface area contributed by atoms with E-state index in [0.29, 0.717) is 11.0 Å². The summed E-state index contributed by atoms with van der Waals surface area (Å²) in [6, 6.07) is 25.6. The summed E-state index contributed by atoms with van der Waals surface area (Å²) >= 11 is 0. The molecule has 0 amide bonds. The topological polar surface area (TPSA) is 34.4 Å². The Balaban J connectivity index is 2.06. The molecule has 2 heterocycles. The minimum Gasteiger partial charge on any atom is -0.268 e. The summed E-state index contributed by atoms with van der Waals surface area (Å²) in [5.41, 5.74) is 3.38. The molecule has 2 aromatic heterocycles. The van der Waals surface area contributed by atoms with Gasteiger partial charge in [-0.3, -0.25) is 9.20 Å². The summed E-state index contributed by atoms with van der Waals surface area (Å²) in [4.78, 5) is 17.9. The van der Waals surface area contributed by atoms with Gasteiger partial charge < -0.3 is 0 Å². The molecule has 5 rings (SSSR count). The van der Waals surface area contributed by atoms with Crippen molar-refractivity contribution >= 4 is 33.5 Å². The molecular formula is C22H14N2O. The van der Waals surface area contributed by atoms with Gasteiger partial charge in [-0.2, -0.15) is 0 Å². The normalized spacial score (nSPS) is 12.4. The van der Waals surface area contributed by atoms with Crippen molar-refractivity contribution in [3.63, 3.8) is 0 Å². The zero-order valence-corrected chi connectivity index (χ0v) is 13.4. The number of aromatic nitrogens is 2. The van der Waals surface area contributed by atoms with Crippen molar-refractivity contribution < 1.29 is 0 Å². The first kappa shape index (κ1) is 13.9. The molecule has 3 aromatic carbocycles. The fraction of sp³-hybridized carbons (Fsp3) is 0. The minimum atomic E-state index is -0.0236. The van der Waals surface area contributed by atoms with Gasteiger partial charge in [0, 0.05) is 10.6 Å². The second-order valence-corrected chi connectivity index (χ2v) is 6.08. The quantitative estimate of drug-likeness (QED) is 0.473. The first-order chi connectivity index (χ1) is 12.3. The van der Waals surface area contributed by atoms with Gasteiger partial charge in [-0.15, -0.1) is 0 Å². The SMILES string of the molecule is O=c1c2ccccc2nc2/c(=C\c3ccccc3)c3ccccc3n12.